The van der Waals surface area contributed by atoms with Crippen LogP contribution in [0.4, 0.5) is 5.88 Å². The Labute approximate surface area is 120 Å². The van der Waals surface area contributed by atoms with Crippen LogP contribution in [-0.2, 0) is 12.8 Å². The van der Waals surface area contributed by atoms with Crippen molar-refractivity contribution in [1.29, 1.82) is 0 Å². The van der Waals surface area contributed by atoms with E-state index >= 15 is 0 Å². The first-order chi connectivity index (χ1) is 9.20. The molecule has 19 heavy (non-hydrogen) atoms. The first-order valence-corrected chi connectivity index (χ1v) is 7.11. The Morgan fingerprint density at radius 3 is 2.79 bits per heavy atom. The van der Waals surface area contributed by atoms with Gasteiger partial charge < -0.3 is 15.0 Å². The number of nitrogens with two attached hydrogens (primary N) is 1. The van der Waals surface area contributed by atoms with Crippen molar-refractivity contribution in [3.63, 3.8) is 0 Å². The van der Waals surface area contributed by atoms with Crippen LogP contribution < -0.4 is 10.5 Å². The number of nitrogen functional groups attached to an aromatic ring is 1. The standard InChI is InChI=1S/C14H15BrN2O2/c1-18-14-10(11-7-12(16)19-17-11)6-8-4-2-3-5-9(8)13(14)15/h6-7H,2-5,16H2,1H3. The van der Waals surface area contributed by atoms with E-state index < -0.39 is 0 Å². The van der Waals surface area contributed by atoms with Crippen LogP contribution in [0.15, 0.2) is 21.1 Å². The van der Waals surface area contributed by atoms with Gasteiger partial charge in [0.1, 0.15) is 11.4 Å². The highest BCUT2D eigenvalue weighted by molar-refractivity contribution is 9.10. The van der Waals surface area contributed by atoms with Crippen molar-refractivity contribution in [1.82, 2.24) is 5.16 Å². The van der Waals surface area contributed by atoms with E-state index in [-0.39, 0.29) is 0 Å². The monoisotopic (exact) mass is 322 g/mol. The maximum absolute atomic E-state index is 5.60. The van der Waals surface area contributed by atoms with Crippen molar-refractivity contribution in [3.05, 3.63) is 27.7 Å². The number of hydrogen-bond donors (Lipinski definition) is 1. The number of rotatable bonds is 2. The van der Waals surface area contributed by atoms with Gasteiger partial charge >= 0.3 is 0 Å². The lowest BCUT2D eigenvalue weighted by Crippen LogP contribution is -2.05. The van der Waals surface area contributed by atoms with E-state index in [1.165, 1.54) is 24.0 Å². The Kier molecular flexibility index (Phi) is 3.22. The molecule has 0 bridgehead atoms. The number of nitrogens with zero attached hydrogens (tertiary/aromatic N) is 1. The van der Waals surface area contributed by atoms with Crippen LogP contribution in [0, 0.1) is 0 Å². The predicted octanol–water partition coefficient (Wildman–Crippen LogP) is 3.57. The molecule has 0 saturated heterocycles. The average molecular weight is 323 g/mol. The van der Waals surface area contributed by atoms with Gasteiger partial charge in [-0.05, 0) is 58.8 Å². The van der Waals surface area contributed by atoms with Gasteiger partial charge in [0.25, 0.3) is 0 Å². The van der Waals surface area contributed by atoms with Crippen molar-refractivity contribution in [2.75, 3.05) is 12.8 Å². The van der Waals surface area contributed by atoms with Crippen LogP contribution in [0.25, 0.3) is 11.3 Å². The van der Waals surface area contributed by atoms with E-state index in [4.69, 9.17) is 15.0 Å². The minimum Gasteiger partial charge on any atom is -0.495 e. The number of methoxy groups -OCH3 is 1. The predicted molar refractivity (Wildman–Crippen MR) is 77.2 cm³/mol. The Balaban J connectivity index is 2.21. The molecule has 1 aromatic carbocycles. The highest BCUT2D eigenvalue weighted by Gasteiger charge is 2.21. The largest absolute Gasteiger partial charge is 0.495 e. The third kappa shape index (κ3) is 2.12. The van der Waals surface area contributed by atoms with E-state index in [1.54, 1.807) is 13.2 Å². The van der Waals surface area contributed by atoms with Gasteiger partial charge in [-0.2, -0.15) is 0 Å². The molecule has 100 valence electrons. The van der Waals surface area contributed by atoms with Gasteiger partial charge in [-0.1, -0.05) is 5.16 Å². The van der Waals surface area contributed by atoms with Gasteiger partial charge in [0, 0.05) is 11.6 Å². The summed E-state index contributed by atoms with van der Waals surface area (Å²) in [5.41, 5.74) is 9.95. The zero-order valence-corrected chi connectivity index (χ0v) is 12.3. The lowest BCUT2D eigenvalue weighted by Gasteiger charge is -2.21. The molecule has 1 heterocycles. The summed E-state index contributed by atoms with van der Waals surface area (Å²) in [5, 5.41) is 3.98. The molecule has 0 amide bonds. The Morgan fingerprint density at radius 2 is 2.11 bits per heavy atom. The maximum atomic E-state index is 5.60. The van der Waals surface area contributed by atoms with Gasteiger partial charge in [-0.25, -0.2) is 0 Å². The SMILES string of the molecule is COc1c(-c2cc(N)on2)cc2c(c1Br)CCCC2. The van der Waals surface area contributed by atoms with Crippen LogP contribution in [0.1, 0.15) is 24.0 Å². The lowest BCUT2D eigenvalue weighted by atomic mass is 9.89. The number of benzene rings is 1. The summed E-state index contributed by atoms with van der Waals surface area (Å²) in [5.74, 6) is 1.11. The average Bonchev–Trinajstić information content (AvgIpc) is 2.85. The second kappa shape index (κ2) is 4.89. The van der Waals surface area contributed by atoms with E-state index in [2.05, 4.69) is 27.2 Å². The number of fused-ring (bicyclic) bond motifs is 1. The highest BCUT2D eigenvalue weighted by atomic mass is 79.9. The van der Waals surface area contributed by atoms with E-state index in [1.807, 2.05) is 0 Å². The quantitative estimate of drug-likeness (QED) is 0.918. The Morgan fingerprint density at radius 1 is 1.32 bits per heavy atom. The molecule has 1 aliphatic carbocycles. The normalized spacial score (nSPS) is 14.2. The second-order valence-corrected chi connectivity index (χ2v) is 5.52. The van der Waals surface area contributed by atoms with Crippen molar-refractivity contribution < 1.29 is 9.26 Å². The lowest BCUT2D eigenvalue weighted by molar-refractivity contribution is 0.410. The van der Waals surface area contributed by atoms with E-state index in [9.17, 15) is 0 Å². The Hall–Kier alpha value is -1.49. The summed E-state index contributed by atoms with van der Waals surface area (Å²) in [6.45, 7) is 0. The van der Waals surface area contributed by atoms with Gasteiger partial charge in [-0.15, -0.1) is 0 Å². The van der Waals surface area contributed by atoms with Gasteiger partial charge in [0.05, 0.1) is 11.6 Å². The Bertz CT molecular complexity index is 622. The number of aryl methyl sites for hydroxylation is 1. The number of anilines is 1. The number of ether oxygens (including phenoxy) is 1. The van der Waals surface area contributed by atoms with E-state index in [0.29, 0.717) is 11.6 Å². The molecule has 4 nitrogen and oxygen atoms in total. The fraction of sp³-hybridized carbons (Fsp3) is 0.357. The van der Waals surface area contributed by atoms with Gasteiger partial charge in [-0.3, -0.25) is 0 Å². The first kappa shape index (κ1) is 12.5. The topological polar surface area (TPSA) is 61.3 Å². The molecule has 1 aromatic heterocycles. The van der Waals surface area contributed by atoms with Crippen molar-refractivity contribution in [3.8, 4) is 17.0 Å². The molecular weight excluding hydrogens is 308 g/mol. The summed E-state index contributed by atoms with van der Waals surface area (Å²) in [6.07, 6.45) is 4.64. The van der Waals surface area contributed by atoms with Crippen LogP contribution in [0.3, 0.4) is 0 Å². The molecular formula is C14H15BrN2O2. The van der Waals surface area contributed by atoms with Gasteiger partial charge in [0.2, 0.25) is 5.88 Å². The summed E-state index contributed by atoms with van der Waals surface area (Å²) >= 11 is 3.67. The molecule has 0 radical (unpaired) electrons. The zero-order chi connectivity index (χ0) is 13.4. The number of hydrogen-bond acceptors (Lipinski definition) is 4. The number of halogens is 1. The third-order valence-electron chi connectivity index (χ3n) is 3.55. The fourth-order valence-corrected chi connectivity index (χ4v) is 3.47. The van der Waals surface area contributed by atoms with Crippen LogP contribution >= 0.6 is 15.9 Å². The smallest absolute Gasteiger partial charge is 0.222 e. The summed E-state index contributed by atoms with van der Waals surface area (Å²) in [6, 6.07) is 3.87. The van der Waals surface area contributed by atoms with Crippen LogP contribution in [0.2, 0.25) is 0 Å². The first-order valence-electron chi connectivity index (χ1n) is 6.31. The molecule has 3 rings (SSSR count). The molecule has 2 aromatic rings. The second-order valence-electron chi connectivity index (χ2n) is 4.73. The van der Waals surface area contributed by atoms with Crippen LogP contribution in [-0.4, -0.2) is 12.3 Å². The molecule has 0 aliphatic heterocycles. The van der Waals surface area contributed by atoms with Gasteiger partial charge in [0.15, 0.2) is 0 Å². The summed E-state index contributed by atoms with van der Waals surface area (Å²) in [4.78, 5) is 0. The van der Waals surface area contributed by atoms with Crippen molar-refractivity contribution >= 4 is 21.8 Å². The number of aromatic nitrogens is 1. The third-order valence-corrected chi connectivity index (χ3v) is 4.39. The van der Waals surface area contributed by atoms with Crippen molar-refractivity contribution in [2.45, 2.75) is 25.7 Å². The molecule has 1 aliphatic rings. The molecule has 0 atom stereocenters. The maximum Gasteiger partial charge on any atom is 0.222 e. The molecule has 0 unspecified atom stereocenters. The summed E-state index contributed by atoms with van der Waals surface area (Å²) < 4.78 is 11.5. The van der Waals surface area contributed by atoms with E-state index in [0.717, 1.165) is 28.6 Å². The molecule has 0 saturated carbocycles. The molecule has 0 spiro atoms. The minimum absolute atomic E-state index is 0.311. The van der Waals surface area contributed by atoms with Crippen molar-refractivity contribution in [2.24, 2.45) is 0 Å². The summed E-state index contributed by atoms with van der Waals surface area (Å²) in [7, 11) is 1.67. The molecule has 5 heteroatoms. The highest BCUT2D eigenvalue weighted by Crippen LogP contribution is 2.42. The molecule has 0 fully saturated rings. The molecule has 2 N–H and O–H groups in total. The zero-order valence-electron chi connectivity index (χ0n) is 10.7. The minimum atomic E-state index is 0.311. The van der Waals surface area contributed by atoms with Crippen LogP contribution in [0.5, 0.6) is 5.75 Å². The fourth-order valence-electron chi connectivity index (χ4n) is 2.64.